The maximum Gasteiger partial charge on any atom is 0.310 e. The molecule has 0 aromatic carbocycles. The van der Waals surface area contributed by atoms with Crippen molar-refractivity contribution in [2.45, 2.75) is 11.1 Å². The van der Waals surface area contributed by atoms with Crippen molar-refractivity contribution in [3.8, 4) is 0 Å². The van der Waals surface area contributed by atoms with Gasteiger partial charge in [0.1, 0.15) is 6.10 Å². The number of aromatic nitrogens is 1. The van der Waals surface area contributed by atoms with E-state index in [1.54, 1.807) is 0 Å². The van der Waals surface area contributed by atoms with Crippen LogP contribution in [0.25, 0.3) is 0 Å². The molecule has 0 bridgehead atoms. The van der Waals surface area contributed by atoms with Crippen molar-refractivity contribution in [2.24, 2.45) is 0 Å². The molecule has 7 nitrogen and oxygen atoms in total. The summed E-state index contributed by atoms with van der Waals surface area (Å²) in [6.45, 7) is -0.729. The van der Waals surface area contributed by atoms with E-state index >= 15 is 0 Å². The number of hydrogen-bond acceptors (Lipinski definition) is 5. The average Bonchev–Trinajstić information content (AvgIpc) is 2.69. The second-order valence-electron chi connectivity index (χ2n) is 2.53. The first kappa shape index (κ1) is 14.1. The molecule has 1 aromatic rings. The number of hydrogen-bond donors (Lipinski definition) is 5. The fourth-order valence-electron chi connectivity index (χ4n) is 0.532. The third-order valence-electron chi connectivity index (χ3n) is 1.27. The van der Waals surface area contributed by atoms with Crippen LogP contribution in [0, 0.1) is 0 Å². The summed E-state index contributed by atoms with van der Waals surface area (Å²) in [5.41, 5.74) is 0. The van der Waals surface area contributed by atoms with Crippen LogP contribution in [0.4, 0.5) is 0 Å². The number of H-pyrrole nitrogens is 1. The summed E-state index contributed by atoms with van der Waals surface area (Å²) in [5, 5.41) is 23.8. The van der Waals surface area contributed by atoms with E-state index < -0.39 is 16.2 Å². The third-order valence-corrected chi connectivity index (χ3v) is 2.08. The van der Waals surface area contributed by atoms with Crippen molar-refractivity contribution in [3.63, 3.8) is 0 Å². The predicted octanol–water partition coefficient (Wildman–Crippen LogP) is -1.41. The zero-order valence-corrected chi connectivity index (χ0v) is 8.55. The number of aliphatic hydroxyl groups is 3. The van der Waals surface area contributed by atoms with E-state index in [1.807, 2.05) is 0 Å². The summed E-state index contributed by atoms with van der Waals surface area (Å²) in [5.74, 6) is 0. The Bertz CT molecular complexity index is 342. The van der Waals surface area contributed by atoms with E-state index in [1.165, 1.54) is 18.3 Å². The fourth-order valence-corrected chi connectivity index (χ4v) is 1.000. The highest BCUT2D eigenvalue weighted by atomic mass is 32.2. The molecule has 8 heteroatoms. The molecule has 0 atom stereocenters. The molecule has 0 aliphatic carbocycles. The first-order valence-corrected chi connectivity index (χ1v) is 5.36. The molecule has 15 heavy (non-hydrogen) atoms. The van der Waals surface area contributed by atoms with Crippen molar-refractivity contribution < 1.29 is 28.3 Å². The Morgan fingerprint density at radius 2 is 1.87 bits per heavy atom. The monoisotopic (exact) mass is 239 g/mol. The Kier molecular flexibility index (Phi) is 6.13. The molecule has 1 aromatic heterocycles. The first-order chi connectivity index (χ1) is 6.91. The molecule has 0 saturated carbocycles. The second-order valence-corrected chi connectivity index (χ2v) is 3.92. The molecule has 0 spiro atoms. The summed E-state index contributed by atoms with van der Waals surface area (Å²) in [7, 11) is -4.02. The molecule has 5 N–H and O–H groups in total. The molecule has 0 amide bonds. The van der Waals surface area contributed by atoms with E-state index in [4.69, 9.17) is 19.9 Å². The van der Waals surface area contributed by atoms with Gasteiger partial charge in [-0.2, -0.15) is 8.42 Å². The van der Waals surface area contributed by atoms with E-state index in [0.717, 1.165) is 0 Å². The van der Waals surface area contributed by atoms with Gasteiger partial charge in [0, 0.05) is 6.20 Å². The lowest BCUT2D eigenvalue weighted by atomic mass is 10.4. The summed E-state index contributed by atoms with van der Waals surface area (Å²) in [6, 6.07) is 2.76. The quantitative estimate of drug-likeness (QED) is 0.412. The van der Waals surface area contributed by atoms with Crippen molar-refractivity contribution in [1.82, 2.24) is 4.98 Å². The summed E-state index contributed by atoms with van der Waals surface area (Å²) < 4.78 is 28.8. The number of aliphatic hydroxyl groups excluding tert-OH is 3. The molecule has 0 unspecified atom stereocenters. The van der Waals surface area contributed by atoms with Gasteiger partial charge in [0.25, 0.3) is 0 Å². The normalized spacial score (nSPS) is 11.0. The SMILES string of the molecule is O=S(=O)(O)c1ccc[nH]1.OCC(O)CO. The Morgan fingerprint density at radius 1 is 1.33 bits per heavy atom. The standard InChI is InChI=1S/C4H5NO3S.C3H8O3/c6-9(7,8)4-2-1-3-5-4;4-1-3(6)2-5/h1-3,5H,(H,6,7,8);3-6H,1-2H2. The molecule has 0 radical (unpaired) electrons. The fraction of sp³-hybridized carbons (Fsp3) is 0.429. The highest BCUT2D eigenvalue weighted by molar-refractivity contribution is 7.85. The molecule has 88 valence electrons. The van der Waals surface area contributed by atoms with Gasteiger partial charge in [-0.15, -0.1) is 0 Å². The summed E-state index contributed by atoms with van der Waals surface area (Å²) >= 11 is 0. The van der Waals surface area contributed by atoms with E-state index in [0.29, 0.717) is 0 Å². The van der Waals surface area contributed by atoms with Gasteiger partial charge in [-0.25, -0.2) is 0 Å². The highest BCUT2D eigenvalue weighted by Crippen LogP contribution is 2.01. The van der Waals surface area contributed by atoms with Crippen molar-refractivity contribution >= 4 is 10.1 Å². The molecule has 1 rings (SSSR count). The van der Waals surface area contributed by atoms with Crippen molar-refractivity contribution in [2.75, 3.05) is 13.2 Å². The highest BCUT2D eigenvalue weighted by Gasteiger charge is 2.07. The molecular formula is C7H13NO6S. The molecule has 0 aliphatic rings. The lowest BCUT2D eigenvalue weighted by Crippen LogP contribution is -2.15. The molecule has 0 aliphatic heterocycles. The minimum absolute atomic E-state index is 0.178. The first-order valence-electron chi connectivity index (χ1n) is 3.92. The van der Waals surface area contributed by atoms with Crippen LogP contribution >= 0.6 is 0 Å². The summed E-state index contributed by atoms with van der Waals surface area (Å²) in [6.07, 6.45) is 0.466. The van der Waals surface area contributed by atoms with Crippen LogP contribution in [0.5, 0.6) is 0 Å². The Balaban J connectivity index is 0.000000288. The van der Waals surface area contributed by atoms with Gasteiger partial charge >= 0.3 is 10.1 Å². The maximum absolute atomic E-state index is 10.2. The van der Waals surface area contributed by atoms with Crippen LogP contribution in [0.15, 0.2) is 23.4 Å². The minimum Gasteiger partial charge on any atom is -0.394 e. The van der Waals surface area contributed by atoms with Gasteiger partial charge in [-0.3, -0.25) is 4.55 Å². The van der Waals surface area contributed by atoms with Gasteiger partial charge < -0.3 is 20.3 Å². The van der Waals surface area contributed by atoms with Crippen molar-refractivity contribution in [3.05, 3.63) is 18.3 Å². The van der Waals surface area contributed by atoms with Gasteiger partial charge in [0.15, 0.2) is 5.03 Å². The molecule has 0 fully saturated rings. The lowest BCUT2D eigenvalue weighted by molar-refractivity contribution is 0.0450. The van der Waals surface area contributed by atoms with Crippen LogP contribution < -0.4 is 0 Å². The predicted molar refractivity (Wildman–Crippen MR) is 50.8 cm³/mol. The maximum atomic E-state index is 10.2. The van der Waals surface area contributed by atoms with E-state index in [-0.39, 0.29) is 18.2 Å². The minimum atomic E-state index is -4.02. The van der Waals surface area contributed by atoms with Gasteiger partial charge in [-0.05, 0) is 12.1 Å². The van der Waals surface area contributed by atoms with Gasteiger partial charge in [0.2, 0.25) is 0 Å². The van der Waals surface area contributed by atoms with Crippen molar-refractivity contribution in [1.29, 1.82) is 0 Å². The zero-order chi connectivity index (χ0) is 11.9. The van der Waals surface area contributed by atoms with E-state index in [2.05, 4.69) is 4.98 Å². The average molecular weight is 239 g/mol. The Labute approximate surface area is 86.8 Å². The van der Waals surface area contributed by atoms with Crippen LogP contribution in [0.3, 0.4) is 0 Å². The van der Waals surface area contributed by atoms with Crippen LogP contribution in [0.2, 0.25) is 0 Å². The topological polar surface area (TPSA) is 131 Å². The Morgan fingerprint density at radius 3 is 2.00 bits per heavy atom. The largest absolute Gasteiger partial charge is 0.394 e. The molecule has 1 heterocycles. The van der Waals surface area contributed by atoms with Crippen LogP contribution in [-0.2, 0) is 10.1 Å². The lowest BCUT2D eigenvalue weighted by Gasteiger charge is -1.96. The second kappa shape index (κ2) is 6.53. The van der Waals surface area contributed by atoms with Crippen LogP contribution in [-0.4, -0.2) is 52.6 Å². The number of nitrogens with one attached hydrogen (secondary N) is 1. The van der Waals surface area contributed by atoms with Gasteiger partial charge in [0.05, 0.1) is 13.2 Å². The van der Waals surface area contributed by atoms with Crippen LogP contribution in [0.1, 0.15) is 0 Å². The summed E-state index contributed by atoms with van der Waals surface area (Å²) in [4.78, 5) is 2.34. The third kappa shape index (κ3) is 6.20. The van der Waals surface area contributed by atoms with Gasteiger partial charge in [-0.1, -0.05) is 0 Å². The number of rotatable bonds is 3. The molecule has 0 saturated heterocycles. The zero-order valence-electron chi connectivity index (χ0n) is 7.74. The smallest absolute Gasteiger partial charge is 0.310 e. The van der Waals surface area contributed by atoms with E-state index in [9.17, 15) is 8.42 Å². The number of aromatic amines is 1. The molecular weight excluding hydrogens is 226 g/mol. The Hall–Kier alpha value is -0.930.